The number of aromatic hydroxyl groups is 1. The third kappa shape index (κ3) is 3.89. The normalized spacial score (nSPS) is 12.3. The average molecular weight is 383 g/mol. The van der Waals surface area contributed by atoms with Crippen LogP contribution in [0.4, 0.5) is 5.69 Å². The number of rotatable bonds is 5. The summed E-state index contributed by atoms with van der Waals surface area (Å²) in [5.74, 6) is -0.155. The molecule has 5 heteroatoms. The van der Waals surface area contributed by atoms with Crippen molar-refractivity contribution in [1.29, 1.82) is 0 Å². The highest BCUT2D eigenvalue weighted by Gasteiger charge is 2.13. The number of amides is 1. The van der Waals surface area contributed by atoms with Crippen LogP contribution in [-0.2, 0) is 4.79 Å². The van der Waals surface area contributed by atoms with Crippen molar-refractivity contribution in [3.05, 3.63) is 84.4 Å². The van der Waals surface area contributed by atoms with Crippen molar-refractivity contribution in [2.45, 2.75) is 13.0 Å². The molecule has 29 heavy (non-hydrogen) atoms. The predicted molar refractivity (Wildman–Crippen MR) is 118 cm³/mol. The number of carbonyl (C=O) groups is 1. The number of anilines is 1. The number of hydrogen-bond donors (Lipinski definition) is 3. The first kappa shape index (κ1) is 18.5. The first-order valence-electron chi connectivity index (χ1n) is 9.41. The van der Waals surface area contributed by atoms with Crippen molar-refractivity contribution in [2.24, 2.45) is 5.10 Å². The minimum absolute atomic E-state index is 0.114. The second kappa shape index (κ2) is 8.02. The van der Waals surface area contributed by atoms with Crippen LogP contribution in [0.15, 0.2) is 84.0 Å². The number of carbonyl (C=O) groups excluding carboxylic acids is 1. The minimum Gasteiger partial charge on any atom is -0.507 e. The molecule has 0 saturated heterocycles. The topological polar surface area (TPSA) is 73.7 Å². The Balaban J connectivity index is 1.48. The van der Waals surface area contributed by atoms with E-state index in [-0.39, 0.29) is 11.7 Å². The highest BCUT2D eigenvalue weighted by Crippen LogP contribution is 2.25. The summed E-state index contributed by atoms with van der Waals surface area (Å²) in [5.41, 5.74) is 4.01. The van der Waals surface area contributed by atoms with Gasteiger partial charge in [-0.15, -0.1) is 0 Å². The van der Waals surface area contributed by atoms with Crippen molar-refractivity contribution in [1.82, 2.24) is 5.43 Å². The second-order valence-electron chi connectivity index (χ2n) is 6.85. The van der Waals surface area contributed by atoms with Crippen molar-refractivity contribution >= 4 is 39.4 Å². The third-order valence-electron chi connectivity index (χ3n) is 4.87. The van der Waals surface area contributed by atoms with E-state index in [1.807, 2.05) is 72.8 Å². The Morgan fingerprint density at radius 1 is 0.897 bits per heavy atom. The fraction of sp³-hybridized carbons (Fsp3) is 0.0833. The number of benzene rings is 4. The highest BCUT2D eigenvalue weighted by molar-refractivity contribution is 6.02. The van der Waals surface area contributed by atoms with Gasteiger partial charge in [0.25, 0.3) is 5.91 Å². The van der Waals surface area contributed by atoms with Gasteiger partial charge in [-0.1, -0.05) is 66.7 Å². The van der Waals surface area contributed by atoms with Gasteiger partial charge in [-0.25, -0.2) is 5.43 Å². The van der Waals surface area contributed by atoms with Crippen LogP contribution >= 0.6 is 0 Å². The smallest absolute Gasteiger partial charge is 0.262 e. The molecular formula is C24H21N3O2. The van der Waals surface area contributed by atoms with Crippen LogP contribution in [0.5, 0.6) is 5.75 Å². The summed E-state index contributed by atoms with van der Waals surface area (Å²) in [6, 6.07) is 24.6. The summed E-state index contributed by atoms with van der Waals surface area (Å²) in [5, 5.41) is 21.5. The standard InChI is InChI=1S/C24H21N3O2/c1-16(26-22-12-6-9-17-7-3-5-11-20(17)22)24(29)27-25-15-21-19-10-4-2-8-18(19)13-14-23(21)28/h2-16,26,28H,1H3,(H,27,29). The van der Waals surface area contributed by atoms with Gasteiger partial charge in [0, 0.05) is 16.6 Å². The molecule has 1 amide bonds. The van der Waals surface area contributed by atoms with Gasteiger partial charge in [-0.3, -0.25) is 4.79 Å². The van der Waals surface area contributed by atoms with E-state index < -0.39 is 6.04 Å². The SMILES string of the molecule is CC(Nc1cccc2ccccc12)C(=O)NN=Cc1c(O)ccc2ccccc12. The number of phenols is 1. The van der Waals surface area contributed by atoms with Crippen molar-refractivity contribution in [2.75, 3.05) is 5.32 Å². The Kier molecular flexibility index (Phi) is 5.12. The van der Waals surface area contributed by atoms with E-state index in [0.29, 0.717) is 5.56 Å². The first-order valence-corrected chi connectivity index (χ1v) is 9.41. The zero-order valence-electron chi connectivity index (χ0n) is 16.0. The van der Waals surface area contributed by atoms with Gasteiger partial charge >= 0.3 is 0 Å². The molecule has 0 aliphatic rings. The summed E-state index contributed by atoms with van der Waals surface area (Å²) in [4.78, 5) is 12.5. The molecule has 0 fully saturated rings. The van der Waals surface area contributed by atoms with Gasteiger partial charge < -0.3 is 10.4 Å². The van der Waals surface area contributed by atoms with Gasteiger partial charge in [-0.2, -0.15) is 5.10 Å². The van der Waals surface area contributed by atoms with E-state index in [4.69, 9.17) is 0 Å². The molecule has 5 nitrogen and oxygen atoms in total. The van der Waals surface area contributed by atoms with Crippen molar-refractivity contribution in [3.63, 3.8) is 0 Å². The Hall–Kier alpha value is -3.86. The lowest BCUT2D eigenvalue weighted by Crippen LogP contribution is -2.34. The van der Waals surface area contributed by atoms with Crippen LogP contribution < -0.4 is 10.7 Å². The number of phenolic OH excluding ortho intramolecular Hbond substituents is 1. The highest BCUT2D eigenvalue weighted by atomic mass is 16.3. The molecule has 0 bridgehead atoms. The molecule has 1 unspecified atom stereocenters. The molecule has 0 saturated carbocycles. The number of hydrogen-bond acceptors (Lipinski definition) is 4. The summed E-state index contributed by atoms with van der Waals surface area (Å²) in [7, 11) is 0. The Labute approximate surface area is 168 Å². The van der Waals surface area contributed by atoms with E-state index >= 15 is 0 Å². The quantitative estimate of drug-likeness (QED) is 0.347. The molecule has 4 aromatic carbocycles. The monoisotopic (exact) mass is 383 g/mol. The maximum Gasteiger partial charge on any atom is 0.262 e. The van der Waals surface area contributed by atoms with E-state index in [1.54, 1.807) is 13.0 Å². The molecule has 0 aliphatic carbocycles. The molecule has 144 valence electrons. The van der Waals surface area contributed by atoms with Gasteiger partial charge in [-0.05, 0) is 35.2 Å². The zero-order chi connectivity index (χ0) is 20.2. The summed E-state index contributed by atoms with van der Waals surface area (Å²) >= 11 is 0. The maximum absolute atomic E-state index is 12.5. The Morgan fingerprint density at radius 2 is 1.55 bits per heavy atom. The van der Waals surface area contributed by atoms with Gasteiger partial charge in [0.2, 0.25) is 0 Å². The van der Waals surface area contributed by atoms with Crippen molar-refractivity contribution < 1.29 is 9.90 Å². The molecule has 3 N–H and O–H groups in total. The van der Waals surface area contributed by atoms with Crippen LogP contribution in [0.3, 0.4) is 0 Å². The van der Waals surface area contributed by atoms with Crippen LogP contribution in [0.25, 0.3) is 21.5 Å². The van der Waals surface area contributed by atoms with Gasteiger partial charge in [0.1, 0.15) is 11.8 Å². The number of nitrogens with zero attached hydrogens (tertiary/aromatic N) is 1. The summed E-state index contributed by atoms with van der Waals surface area (Å²) < 4.78 is 0. The third-order valence-corrected chi connectivity index (χ3v) is 4.87. The summed E-state index contributed by atoms with van der Waals surface area (Å²) in [6.07, 6.45) is 1.47. The van der Waals surface area contributed by atoms with Crippen LogP contribution in [-0.4, -0.2) is 23.3 Å². The minimum atomic E-state index is -0.487. The summed E-state index contributed by atoms with van der Waals surface area (Å²) in [6.45, 7) is 1.78. The lowest BCUT2D eigenvalue weighted by Gasteiger charge is -2.15. The first-order chi connectivity index (χ1) is 14.1. The Bertz CT molecular complexity index is 1210. The van der Waals surface area contributed by atoms with E-state index in [9.17, 15) is 9.90 Å². The predicted octanol–water partition coefficient (Wildman–Crippen LogP) is 4.65. The molecule has 0 aromatic heterocycles. The van der Waals surface area contributed by atoms with Crippen LogP contribution in [0.2, 0.25) is 0 Å². The number of fused-ring (bicyclic) bond motifs is 2. The molecule has 0 spiro atoms. The number of hydrazone groups is 1. The van der Waals surface area contributed by atoms with E-state index in [0.717, 1.165) is 27.2 Å². The van der Waals surface area contributed by atoms with Gasteiger partial charge in [0.15, 0.2) is 0 Å². The zero-order valence-corrected chi connectivity index (χ0v) is 16.0. The molecular weight excluding hydrogens is 362 g/mol. The van der Waals surface area contributed by atoms with E-state index in [1.165, 1.54) is 6.21 Å². The number of nitrogens with one attached hydrogen (secondary N) is 2. The van der Waals surface area contributed by atoms with Crippen molar-refractivity contribution in [3.8, 4) is 5.75 Å². The van der Waals surface area contributed by atoms with E-state index in [2.05, 4.69) is 15.8 Å². The molecule has 1 atom stereocenters. The molecule has 0 heterocycles. The average Bonchev–Trinajstić information content (AvgIpc) is 2.75. The molecule has 4 aromatic rings. The lowest BCUT2D eigenvalue weighted by molar-refractivity contribution is -0.121. The Morgan fingerprint density at radius 3 is 2.34 bits per heavy atom. The molecule has 4 rings (SSSR count). The van der Waals surface area contributed by atoms with Crippen LogP contribution in [0.1, 0.15) is 12.5 Å². The lowest BCUT2D eigenvalue weighted by atomic mass is 10.0. The molecule has 0 radical (unpaired) electrons. The molecule has 0 aliphatic heterocycles. The maximum atomic E-state index is 12.5. The fourth-order valence-electron chi connectivity index (χ4n) is 3.33. The second-order valence-corrected chi connectivity index (χ2v) is 6.85. The van der Waals surface area contributed by atoms with Gasteiger partial charge in [0.05, 0.1) is 6.21 Å². The largest absolute Gasteiger partial charge is 0.507 e. The van der Waals surface area contributed by atoms with Crippen LogP contribution in [0, 0.1) is 0 Å². The fourth-order valence-corrected chi connectivity index (χ4v) is 3.33.